The molecule has 0 saturated carbocycles. The third-order valence-corrected chi connectivity index (χ3v) is 2.36. The molecule has 0 aliphatic rings. The van der Waals surface area contributed by atoms with Crippen LogP contribution in [0.4, 0.5) is 0 Å². The molecule has 0 aromatic carbocycles. The second-order valence-corrected chi connectivity index (χ2v) is 3.96. The number of esters is 1. The number of allylic oxidation sites excluding steroid dienone is 2. The quantitative estimate of drug-likeness (QED) is 0.394. The molecule has 1 atom stereocenters. The largest absolute Gasteiger partial charge is 0.458 e. The minimum atomic E-state index is -0.208. The van der Waals surface area contributed by atoms with Gasteiger partial charge in [-0.05, 0) is 26.7 Å². The van der Waals surface area contributed by atoms with E-state index in [1.165, 1.54) is 0 Å². The zero-order valence-electron chi connectivity index (χ0n) is 10.4. The van der Waals surface area contributed by atoms with Crippen LogP contribution in [0, 0.1) is 5.92 Å². The van der Waals surface area contributed by atoms with E-state index < -0.39 is 0 Å². The molecule has 0 saturated heterocycles. The molecule has 1 unspecified atom stereocenters. The van der Waals surface area contributed by atoms with Gasteiger partial charge in [0.15, 0.2) is 0 Å². The second kappa shape index (κ2) is 7.27. The smallest absolute Gasteiger partial charge is 0.333 e. The first-order valence-electron chi connectivity index (χ1n) is 5.48. The Kier molecular flexibility index (Phi) is 6.76. The SMILES string of the molecule is C/C=C/CC(OC(=O)/C(C)=C/C)C(C)C. The lowest BCUT2D eigenvalue weighted by molar-refractivity contribution is -0.146. The number of carbonyl (C=O) groups excluding carboxylic acids is 1. The van der Waals surface area contributed by atoms with Crippen LogP contribution >= 0.6 is 0 Å². The number of rotatable bonds is 5. The highest BCUT2D eigenvalue weighted by molar-refractivity contribution is 5.87. The van der Waals surface area contributed by atoms with Crippen molar-refractivity contribution in [1.82, 2.24) is 0 Å². The molecular formula is C13H22O2. The molecule has 0 aromatic rings. The summed E-state index contributed by atoms with van der Waals surface area (Å²) >= 11 is 0. The van der Waals surface area contributed by atoms with Crippen molar-refractivity contribution in [2.24, 2.45) is 5.92 Å². The highest BCUT2D eigenvalue weighted by atomic mass is 16.5. The summed E-state index contributed by atoms with van der Waals surface area (Å²) in [4.78, 5) is 11.5. The average molecular weight is 210 g/mol. The van der Waals surface area contributed by atoms with Crippen molar-refractivity contribution in [1.29, 1.82) is 0 Å². The van der Waals surface area contributed by atoms with Crippen molar-refractivity contribution < 1.29 is 9.53 Å². The molecule has 0 rings (SSSR count). The lowest BCUT2D eigenvalue weighted by Crippen LogP contribution is -2.23. The molecule has 0 spiro atoms. The molecule has 0 N–H and O–H groups in total. The minimum absolute atomic E-state index is 0.0244. The summed E-state index contributed by atoms with van der Waals surface area (Å²) in [7, 11) is 0. The van der Waals surface area contributed by atoms with E-state index >= 15 is 0 Å². The molecule has 0 aliphatic carbocycles. The number of hydrogen-bond acceptors (Lipinski definition) is 2. The summed E-state index contributed by atoms with van der Waals surface area (Å²) in [6.07, 6.45) is 6.55. The van der Waals surface area contributed by atoms with Gasteiger partial charge in [0.2, 0.25) is 0 Å². The lowest BCUT2D eigenvalue weighted by atomic mass is 10.0. The highest BCUT2D eigenvalue weighted by Crippen LogP contribution is 2.13. The fourth-order valence-electron chi connectivity index (χ4n) is 1.07. The highest BCUT2D eigenvalue weighted by Gasteiger charge is 2.17. The first kappa shape index (κ1) is 13.9. The summed E-state index contributed by atoms with van der Waals surface area (Å²) in [5.74, 6) is 0.135. The van der Waals surface area contributed by atoms with Gasteiger partial charge in [0, 0.05) is 12.0 Å². The van der Waals surface area contributed by atoms with E-state index in [-0.39, 0.29) is 12.1 Å². The number of ether oxygens (including phenoxy) is 1. The molecule has 0 aliphatic heterocycles. The zero-order valence-corrected chi connectivity index (χ0v) is 10.4. The first-order valence-corrected chi connectivity index (χ1v) is 5.48. The molecule has 0 aromatic heterocycles. The fraction of sp³-hybridized carbons (Fsp3) is 0.615. The molecule has 2 heteroatoms. The van der Waals surface area contributed by atoms with E-state index in [1.54, 1.807) is 13.0 Å². The summed E-state index contributed by atoms with van der Waals surface area (Å²) in [5, 5.41) is 0. The van der Waals surface area contributed by atoms with Crippen LogP contribution in [0.15, 0.2) is 23.8 Å². The van der Waals surface area contributed by atoms with Crippen LogP contribution < -0.4 is 0 Å². The maximum absolute atomic E-state index is 11.5. The maximum atomic E-state index is 11.5. The van der Waals surface area contributed by atoms with Crippen LogP contribution in [0.3, 0.4) is 0 Å². The van der Waals surface area contributed by atoms with Gasteiger partial charge in [-0.15, -0.1) is 0 Å². The molecule has 2 nitrogen and oxygen atoms in total. The van der Waals surface area contributed by atoms with Crippen molar-refractivity contribution in [3.05, 3.63) is 23.8 Å². The van der Waals surface area contributed by atoms with Gasteiger partial charge in [0.25, 0.3) is 0 Å². The number of carbonyl (C=O) groups is 1. The third-order valence-electron chi connectivity index (χ3n) is 2.36. The standard InChI is InChI=1S/C13H22O2/c1-6-8-9-12(10(3)4)15-13(14)11(5)7-2/h6-8,10,12H,9H2,1-5H3/b8-6+,11-7+. The van der Waals surface area contributed by atoms with Crippen LogP contribution in [-0.2, 0) is 9.53 Å². The van der Waals surface area contributed by atoms with E-state index in [1.807, 2.05) is 26.0 Å². The normalized spacial score (nSPS) is 14.7. The van der Waals surface area contributed by atoms with Crippen LogP contribution in [0.5, 0.6) is 0 Å². The van der Waals surface area contributed by atoms with Gasteiger partial charge in [0.05, 0.1) is 0 Å². The Balaban J connectivity index is 4.35. The van der Waals surface area contributed by atoms with Gasteiger partial charge in [-0.1, -0.05) is 32.1 Å². The van der Waals surface area contributed by atoms with E-state index in [0.29, 0.717) is 11.5 Å². The predicted octanol–water partition coefficient (Wildman–Crippen LogP) is 3.49. The zero-order chi connectivity index (χ0) is 11.8. The molecular weight excluding hydrogens is 188 g/mol. The average Bonchev–Trinajstić information content (AvgIpc) is 2.22. The summed E-state index contributed by atoms with van der Waals surface area (Å²) in [6.45, 7) is 9.71. The van der Waals surface area contributed by atoms with E-state index in [4.69, 9.17) is 4.74 Å². The van der Waals surface area contributed by atoms with Gasteiger partial charge in [-0.3, -0.25) is 0 Å². The van der Waals surface area contributed by atoms with E-state index in [0.717, 1.165) is 6.42 Å². The predicted molar refractivity (Wildman–Crippen MR) is 63.6 cm³/mol. The molecule has 86 valence electrons. The van der Waals surface area contributed by atoms with Gasteiger partial charge < -0.3 is 4.74 Å². The first-order chi connectivity index (χ1) is 7.02. The Labute approximate surface area is 93.0 Å². The van der Waals surface area contributed by atoms with E-state index in [2.05, 4.69) is 13.8 Å². The van der Waals surface area contributed by atoms with Gasteiger partial charge >= 0.3 is 5.97 Å². The molecule has 0 bridgehead atoms. The minimum Gasteiger partial charge on any atom is -0.458 e. The van der Waals surface area contributed by atoms with Crippen molar-refractivity contribution in [2.45, 2.75) is 47.1 Å². The Morgan fingerprint density at radius 1 is 1.33 bits per heavy atom. The molecule has 15 heavy (non-hydrogen) atoms. The molecule has 0 amide bonds. The van der Waals surface area contributed by atoms with Gasteiger partial charge in [-0.25, -0.2) is 4.79 Å². The molecule has 0 heterocycles. The Bertz CT molecular complexity index is 249. The Hall–Kier alpha value is -1.05. The second-order valence-electron chi connectivity index (χ2n) is 3.96. The van der Waals surface area contributed by atoms with Crippen molar-refractivity contribution >= 4 is 5.97 Å². The van der Waals surface area contributed by atoms with Crippen LogP contribution in [0.2, 0.25) is 0 Å². The Morgan fingerprint density at radius 3 is 2.33 bits per heavy atom. The fourth-order valence-corrected chi connectivity index (χ4v) is 1.07. The van der Waals surface area contributed by atoms with Gasteiger partial charge in [-0.2, -0.15) is 0 Å². The van der Waals surface area contributed by atoms with Crippen molar-refractivity contribution in [2.75, 3.05) is 0 Å². The number of hydrogen-bond donors (Lipinski definition) is 0. The molecule has 0 fully saturated rings. The molecule has 0 radical (unpaired) electrons. The third kappa shape index (κ3) is 5.40. The van der Waals surface area contributed by atoms with Crippen LogP contribution in [0.1, 0.15) is 41.0 Å². The Morgan fingerprint density at radius 2 is 1.93 bits per heavy atom. The monoisotopic (exact) mass is 210 g/mol. The summed E-state index contributed by atoms with van der Waals surface area (Å²) in [5.41, 5.74) is 0.668. The topological polar surface area (TPSA) is 26.3 Å². The van der Waals surface area contributed by atoms with Crippen molar-refractivity contribution in [3.63, 3.8) is 0 Å². The van der Waals surface area contributed by atoms with Crippen LogP contribution in [0.25, 0.3) is 0 Å². The summed E-state index contributed by atoms with van der Waals surface area (Å²) < 4.78 is 5.41. The lowest BCUT2D eigenvalue weighted by Gasteiger charge is -2.20. The van der Waals surface area contributed by atoms with Crippen LogP contribution in [-0.4, -0.2) is 12.1 Å². The van der Waals surface area contributed by atoms with Gasteiger partial charge in [0.1, 0.15) is 6.10 Å². The summed E-state index contributed by atoms with van der Waals surface area (Å²) in [6, 6.07) is 0. The van der Waals surface area contributed by atoms with Crippen molar-refractivity contribution in [3.8, 4) is 0 Å². The maximum Gasteiger partial charge on any atom is 0.333 e. The van der Waals surface area contributed by atoms with E-state index in [9.17, 15) is 4.79 Å².